The predicted molar refractivity (Wildman–Crippen MR) is 105 cm³/mol. The van der Waals surface area contributed by atoms with Gasteiger partial charge in [-0.15, -0.1) is 0 Å². The minimum atomic E-state index is -0.183. The van der Waals surface area contributed by atoms with Crippen molar-refractivity contribution in [1.82, 2.24) is 15.5 Å². The van der Waals surface area contributed by atoms with Gasteiger partial charge in [-0.3, -0.25) is 14.7 Å². The lowest BCUT2D eigenvalue weighted by Gasteiger charge is -2.33. The van der Waals surface area contributed by atoms with Gasteiger partial charge in [0.15, 0.2) is 5.96 Å². The Bertz CT molecular complexity index is 566. The van der Waals surface area contributed by atoms with Crippen molar-refractivity contribution >= 4 is 11.9 Å². The van der Waals surface area contributed by atoms with Gasteiger partial charge in [0.1, 0.15) is 0 Å². The van der Waals surface area contributed by atoms with Crippen molar-refractivity contribution in [3.05, 3.63) is 35.9 Å². The molecule has 1 fully saturated rings. The number of likely N-dealkylation sites (tertiary alicyclic amines) is 1. The summed E-state index contributed by atoms with van der Waals surface area (Å²) in [7, 11) is 1.76. The van der Waals surface area contributed by atoms with E-state index >= 15 is 0 Å². The van der Waals surface area contributed by atoms with Gasteiger partial charge < -0.3 is 15.4 Å². The molecule has 1 aromatic rings. The first-order chi connectivity index (χ1) is 12.6. The van der Waals surface area contributed by atoms with Crippen LogP contribution in [0, 0.1) is 0 Å². The van der Waals surface area contributed by atoms with Crippen molar-refractivity contribution in [1.29, 1.82) is 0 Å². The molecule has 1 aliphatic heterocycles. The van der Waals surface area contributed by atoms with E-state index in [9.17, 15) is 4.79 Å². The highest BCUT2D eigenvalue weighted by molar-refractivity contribution is 5.80. The van der Waals surface area contributed by atoms with Gasteiger partial charge in [0.2, 0.25) is 0 Å². The Kier molecular flexibility index (Phi) is 8.41. The Hall–Kier alpha value is -2.08. The molecule has 144 valence electrons. The molecule has 0 unspecified atom stereocenters. The first-order valence-corrected chi connectivity index (χ1v) is 9.49. The predicted octanol–water partition coefficient (Wildman–Crippen LogP) is 2.16. The molecule has 0 amide bonds. The highest BCUT2D eigenvalue weighted by Crippen LogP contribution is 2.13. The topological polar surface area (TPSA) is 66.0 Å². The van der Waals surface area contributed by atoms with Gasteiger partial charge in [0.25, 0.3) is 0 Å². The maximum Gasteiger partial charge on any atom is 0.307 e. The van der Waals surface area contributed by atoms with Crippen LogP contribution in [0.1, 0.15) is 38.7 Å². The zero-order chi connectivity index (χ0) is 18.8. The van der Waals surface area contributed by atoms with Crippen LogP contribution in [0.4, 0.5) is 0 Å². The molecular formula is C20H32N4O2. The summed E-state index contributed by atoms with van der Waals surface area (Å²) in [6.07, 6.45) is 2.45. The van der Waals surface area contributed by atoms with Crippen LogP contribution in [0.25, 0.3) is 0 Å². The number of piperidine rings is 1. The summed E-state index contributed by atoms with van der Waals surface area (Å²) in [4.78, 5) is 18.3. The molecule has 1 aliphatic rings. The Morgan fingerprint density at radius 1 is 1.27 bits per heavy atom. The van der Waals surface area contributed by atoms with E-state index in [1.807, 2.05) is 13.8 Å². The molecule has 0 radical (unpaired) electrons. The third kappa shape index (κ3) is 7.44. The number of benzene rings is 1. The molecule has 26 heavy (non-hydrogen) atoms. The number of rotatable bonds is 7. The highest BCUT2D eigenvalue weighted by atomic mass is 16.5. The molecule has 1 heterocycles. The summed E-state index contributed by atoms with van der Waals surface area (Å²) >= 11 is 0. The Labute approximate surface area is 157 Å². The lowest BCUT2D eigenvalue weighted by molar-refractivity contribution is -0.147. The number of hydrogen-bond donors (Lipinski definition) is 2. The normalized spacial score (nSPS) is 16.5. The molecule has 0 saturated carbocycles. The van der Waals surface area contributed by atoms with Crippen molar-refractivity contribution in [2.24, 2.45) is 4.99 Å². The van der Waals surface area contributed by atoms with Gasteiger partial charge in [-0.05, 0) is 32.3 Å². The Morgan fingerprint density at radius 2 is 1.96 bits per heavy atom. The Morgan fingerprint density at radius 3 is 2.58 bits per heavy atom. The number of aliphatic imine (C=N–C) groups is 1. The lowest BCUT2D eigenvalue weighted by Crippen LogP contribution is -2.48. The monoisotopic (exact) mass is 360 g/mol. The molecule has 0 aliphatic carbocycles. The molecule has 1 aromatic carbocycles. The number of nitrogens with one attached hydrogen (secondary N) is 2. The van der Waals surface area contributed by atoms with Crippen molar-refractivity contribution in [3.8, 4) is 0 Å². The van der Waals surface area contributed by atoms with Crippen molar-refractivity contribution in [3.63, 3.8) is 0 Å². The smallest absolute Gasteiger partial charge is 0.307 e. The minimum absolute atomic E-state index is 0.0685. The fraction of sp³-hybridized carbons (Fsp3) is 0.600. The number of esters is 1. The fourth-order valence-corrected chi connectivity index (χ4v) is 3.07. The van der Waals surface area contributed by atoms with Crippen LogP contribution in [0.5, 0.6) is 0 Å². The number of carbonyl (C=O) groups is 1. The van der Waals surface area contributed by atoms with E-state index in [1.54, 1.807) is 7.05 Å². The molecule has 6 nitrogen and oxygen atoms in total. The van der Waals surface area contributed by atoms with Gasteiger partial charge in [0, 0.05) is 39.3 Å². The van der Waals surface area contributed by atoms with E-state index < -0.39 is 0 Å². The SMILES string of the molecule is CN=C(NCCC(=O)OC(C)C)NC1CCN(Cc2ccccc2)CC1. The van der Waals surface area contributed by atoms with Gasteiger partial charge in [-0.1, -0.05) is 30.3 Å². The van der Waals surface area contributed by atoms with Crippen LogP contribution in [0.2, 0.25) is 0 Å². The van der Waals surface area contributed by atoms with E-state index in [1.165, 1.54) is 5.56 Å². The number of ether oxygens (including phenoxy) is 1. The van der Waals surface area contributed by atoms with E-state index in [2.05, 4.69) is 50.9 Å². The minimum Gasteiger partial charge on any atom is -0.463 e. The second kappa shape index (κ2) is 10.8. The Balaban J connectivity index is 1.66. The standard InChI is InChI=1S/C20H32N4O2/c1-16(2)26-19(25)9-12-22-20(21-3)23-18-10-13-24(14-11-18)15-17-7-5-4-6-8-17/h4-8,16,18H,9-15H2,1-3H3,(H2,21,22,23). The quantitative estimate of drug-likeness (QED) is 0.443. The second-order valence-electron chi connectivity index (χ2n) is 6.97. The summed E-state index contributed by atoms with van der Waals surface area (Å²) in [5, 5.41) is 6.66. The summed E-state index contributed by atoms with van der Waals surface area (Å²) < 4.78 is 5.13. The molecule has 1 saturated heterocycles. The zero-order valence-electron chi connectivity index (χ0n) is 16.2. The maximum atomic E-state index is 11.6. The van der Waals surface area contributed by atoms with Gasteiger partial charge in [-0.25, -0.2) is 0 Å². The van der Waals surface area contributed by atoms with Crippen molar-refractivity contribution in [2.75, 3.05) is 26.7 Å². The number of hydrogen-bond acceptors (Lipinski definition) is 4. The van der Waals surface area contributed by atoms with E-state index in [4.69, 9.17) is 4.74 Å². The fourth-order valence-electron chi connectivity index (χ4n) is 3.07. The van der Waals surface area contributed by atoms with Crippen LogP contribution >= 0.6 is 0 Å². The third-order valence-electron chi connectivity index (χ3n) is 4.39. The van der Waals surface area contributed by atoms with Crippen LogP contribution in [0.3, 0.4) is 0 Å². The number of nitrogens with zero attached hydrogens (tertiary/aromatic N) is 2. The number of carbonyl (C=O) groups excluding carboxylic acids is 1. The van der Waals surface area contributed by atoms with Gasteiger partial charge in [0.05, 0.1) is 12.5 Å². The second-order valence-corrected chi connectivity index (χ2v) is 6.97. The largest absolute Gasteiger partial charge is 0.463 e. The van der Waals surface area contributed by atoms with E-state index in [-0.39, 0.29) is 12.1 Å². The molecule has 0 spiro atoms. The lowest BCUT2D eigenvalue weighted by atomic mass is 10.0. The zero-order valence-corrected chi connectivity index (χ0v) is 16.2. The van der Waals surface area contributed by atoms with E-state index in [0.29, 0.717) is 19.0 Å². The highest BCUT2D eigenvalue weighted by Gasteiger charge is 2.20. The van der Waals surface area contributed by atoms with Gasteiger partial charge >= 0.3 is 5.97 Å². The summed E-state index contributed by atoms with van der Waals surface area (Å²) in [5.74, 6) is 0.570. The van der Waals surface area contributed by atoms with Crippen LogP contribution in [-0.2, 0) is 16.1 Å². The third-order valence-corrected chi connectivity index (χ3v) is 4.39. The van der Waals surface area contributed by atoms with E-state index in [0.717, 1.165) is 38.4 Å². The van der Waals surface area contributed by atoms with Crippen LogP contribution in [0.15, 0.2) is 35.3 Å². The van der Waals surface area contributed by atoms with Crippen LogP contribution < -0.4 is 10.6 Å². The van der Waals surface area contributed by atoms with Crippen molar-refractivity contribution in [2.45, 2.75) is 51.8 Å². The number of guanidine groups is 1. The average molecular weight is 361 g/mol. The summed E-state index contributed by atoms with van der Waals surface area (Å²) in [6, 6.07) is 11.0. The molecule has 2 N–H and O–H groups in total. The summed E-state index contributed by atoms with van der Waals surface area (Å²) in [5.41, 5.74) is 1.37. The summed E-state index contributed by atoms with van der Waals surface area (Å²) in [6.45, 7) is 7.40. The molecule has 0 bridgehead atoms. The maximum absolute atomic E-state index is 11.6. The molecular weight excluding hydrogens is 328 g/mol. The molecule has 2 rings (SSSR count). The van der Waals surface area contributed by atoms with Crippen molar-refractivity contribution < 1.29 is 9.53 Å². The molecule has 0 atom stereocenters. The average Bonchev–Trinajstić information content (AvgIpc) is 2.62. The molecule has 6 heteroatoms. The van der Waals surface area contributed by atoms with Crippen LogP contribution in [-0.4, -0.2) is 55.7 Å². The van der Waals surface area contributed by atoms with Gasteiger partial charge in [-0.2, -0.15) is 0 Å². The first-order valence-electron chi connectivity index (χ1n) is 9.49. The molecule has 0 aromatic heterocycles. The first kappa shape index (κ1) is 20.2.